The molecule has 2 aliphatic carbocycles. The number of anilines is 1. The van der Waals surface area contributed by atoms with Gasteiger partial charge in [-0.1, -0.05) is 23.8 Å². The summed E-state index contributed by atoms with van der Waals surface area (Å²) in [6.07, 6.45) is 4.91. The molecule has 104 valence electrons. The van der Waals surface area contributed by atoms with E-state index in [-0.39, 0.29) is 11.8 Å². The molecule has 0 aliphatic heterocycles. The van der Waals surface area contributed by atoms with Gasteiger partial charge in [-0.05, 0) is 55.7 Å². The zero-order valence-electron chi connectivity index (χ0n) is 11.6. The molecule has 2 fully saturated rings. The zero-order valence-corrected chi connectivity index (χ0v) is 12.4. The van der Waals surface area contributed by atoms with Crippen LogP contribution in [-0.2, 0) is 4.79 Å². The zero-order chi connectivity index (χ0) is 13.7. The molecular weight excluding hydrogens is 268 g/mol. The van der Waals surface area contributed by atoms with Crippen LogP contribution in [0.2, 0.25) is 0 Å². The molecule has 1 heterocycles. The molecule has 1 amide bonds. The van der Waals surface area contributed by atoms with Gasteiger partial charge in [-0.15, -0.1) is 0 Å². The molecule has 3 unspecified atom stereocenters. The average Bonchev–Trinajstić information content (AvgIpc) is 3.11. The van der Waals surface area contributed by atoms with Crippen LogP contribution in [0.15, 0.2) is 18.2 Å². The van der Waals surface area contributed by atoms with Gasteiger partial charge in [0, 0.05) is 5.92 Å². The molecule has 1 N–H and O–H groups in total. The Labute approximate surface area is 122 Å². The highest BCUT2D eigenvalue weighted by atomic mass is 32.1. The fourth-order valence-corrected chi connectivity index (χ4v) is 4.82. The highest BCUT2D eigenvalue weighted by Gasteiger charge is 2.43. The molecule has 2 aliphatic rings. The van der Waals surface area contributed by atoms with Gasteiger partial charge in [0.15, 0.2) is 5.13 Å². The molecule has 0 spiro atoms. The molecule has 4 rings (SSSR count). The van der Waals surface area contributed by atoms with Crippen LogP contribution in [0, 0.1) is 24.7 Å². The van der Waals surface area contributed by atoms with Crippen molar-refractivity contribution in [2.75, 3.05) is 5.32 Å². The topological polar surface area (TPSA) is 42.0 Å². The monoisotopic (exact) mass is 286 g/mol. The molecule has 2 aromatic rings. The molecule has 2 bridgehead atoms. The summed E-state index contributed by atoms with van der Waals surface area (Å²) in [4.78, 5) is 16.9. The average molecular weight is 286 g/mol. The van der Waals surface area contributed by atoms with E-state index in [1.807, 2.05) is 6.07 Å². The number of amides is 1. The first kappa shape index (κ1) is 12.3. The van der Waals surface area contributed by atoms with Crippen molar-refractivity contribution in [3.8, 4) is 0 Å². The molecule has 3 nitrogen and oxygen atoms in total. The van der Waals surface area contributed by atoms with Crippen LogP contribution >= 0.6 is 11.3 Å². The minimum Gasteiger partial charge on any atom is -0.302 e. The first-order valence-electron chi connectivity index (χ1n) is 7.37. The van der Waals surface area contributed by atoms with Crippen molar-refractivity contribution < 1.29 is 4.79 Å². The van der Waals surface area contributed by atoms with Crippen LogP contribution in [0.5, 0.6) is 0 Å². The SMILES string of the molecule is Cc1ccc2nc(NC(=O)C3CC4CCC3C4)sc2c1. The van der Waals surface area contributed by atoms with Crippen molar-refractivity contribution in [3.05, 3.63) is 23.8 Å². The van der Waals surface area contributed by atoms with Gasteiger partial charge in [0.1, 0.15) is 0 Å². The number of fused-ring (bicyclic) bond motifs is 3. The third-order valence-electron chi connectivity index (χ3n) is 4.85. The van der Waals surface area contributed by atoms with Crippen molar-refractivity contribution >= 4 is 32.6 Å². The Balaban J connectivity index is 1.53. The van der Waals surface area contributed by atoms with Crippen LogP contribution in [0.3, 0.4) is 0 Å². The number of hydrogen-bond acceptors (Lipinski definition) is 3. The maximum Gasteiger partial charge on any atom is 0.229 e. The number of rotatable bonds is 2. The highest BCUT2D eigenvalue weighted by Crippen LogP contribution is 2.48. The molecule has 20 heavy (non-hydrogen) atoms. The van der Waals surface area contributed by atoms with Crippen molar-refractivity contribution in [2.24, 2.45) is 17.8 Å². The summed E-state index contributed by atoms with van der Waals surface area (Å²) in [5, 5.41) is 3.79. The molecule has 0 radical (unpaired) electrons. The minimum absolute atomic E-state index is 0.188. The smallest absolute Gasteiger partial charge is 0.229 e. The molecule has 1 aromatic heterocycles. The number of hydrogen-bond donors (Lipinski definition) is 1. The maximum atomic E-state index is 12.4. The van der Waals surface area contributed by atoms with Crippen molar-refractivity contribution in [1.82, 2.24) is 4.98 Å². The van der Waals surface area contributed by atoms with Gasteiger partial charge in [0.2, 0.25) is 5.91 Å². The lowest BCUT2D eigenvalue weighted by atomic mass is 9.88. The summed E-state index contributed by atoms with van der Waals surface area (Å²) in [5.74, 6) is 1.83. The van der Waals surface area contributed by atoms with E-state index in [0.29, 0.717) is 5.92 Å². The van der Waals surface area contributed by atoms with E-state index < -0.39 is 0 Å². The molecule has 4 heteroatoms. The van der Waals surface area contributed by atoms with Crippen molar-refractivity contribution in [2.45, 2.75) is 32.6 Å². The van der Waals surface area contributed by atoms with Gasteiger partial charge in [-0.2, -0.15) is 0 Å². The van der Waals surface area contributed by atoms with Crippen LogP contribution in [-0.4, -0.2) is 10.9 Å². The molecule has 2 saturated carbocycles. The number of aryl methyl sites for hydroxylation is 1. The predicted octanol–water partition coefficient (Wildman–Crippen LogP) is 3.98. The Morgan fingerprint density at radius 1 is 1.35 bits per heavy atom. The second kappa shape index (κ2) is 4.55. The van der Waals surface area contributed by atoms with Gasteiger partial charge in [-0.3, -0.25) is 4.79 Å². The van der Waals surface area contributed by atoms with Gasteiger partial charge in [0.05, 0.1) is 10.2 Å². The summed E-state index contributed by atoms with van der Waals surface area (Å²) in [6.45, 7) is 2.08. The first-order chi connectivity index (χ1) is 9.69. The normalized spacial score (nSPS) is 28.1. The number of carbonyl (C=O) groups excluding carboxylic acids is 1. The number of benzene rings is 1. The van der Waals surface area contributed by atoms with Crippen molar-refractivity contribution in [3.63, 3.8) is 0 Å². The molecule has 3 atom stereocenters. The third-order valence-corrected chi connectivity index (χ3v) is 5.78. The Morgan fingerprint density at radius 3 is 3.00 bits per heavy atom. The van der Waals surface area contributed by atoms with Crippen LogP contribution in [0.4, 0.5) is 5.13 Å². The highest BCUT2D eigenvalue weighted by molar-refractivity contribution is 7.22. The summed E-state index contributed by atoms with van der Waals surface area (Å²) in [6, 6.07) is 6.21. The molecule has 0 saturated heterocycles. The van der Waals surface area contributed by atoms with Gasteiger partial charge >= 0.3 is 0 Å². The summed E-state index contributed by atoms with van der Waals surface area (Å²) in [7, 11) is 0. The standard InChI is InChI=1S/C16H18N2OS/c1-9-2-5-13-14(6-9)20-16(17-13)18-15(19)12-8-10-3-4-11(12)7-10/h2,5-6,10-12H,3-4,7-8H2,1H3,(H,17,18,19). The quantitative estimate of drug-likeness (QED) is 0.907. The van der Waals surface area contributed by atoms with E-state index >= 15 is 0 Å². The lowest BCUT2D eigenvalue weighted by Gasteiger charge is -2.19. The maximum absolute atomic E-state index is 12.4. The molecule has 1 aromatic carbocycles. The first-order valence-corrected chi connectivity index (χ1v) is 8.19. The van der Waals surface area contributed by atoms with Gasteiger partial charge in [-0.25, -0.2) is 4.98 Å². The number of nitrogens with one attached hydrogen (secondary N) is 1. The van der Waals surface area contributed by atoms with Gasteiger partial charge < -0.3 is 5.32 Å². The number of thiazole rings is 1. The van der Waals surface area contributed by atoms with E-state index in [9.17, 15) is 4.79 Å². The Kier molecular flexibility index (Phi) is 2.81. The third kappa shape index (κ3) is 2.03. The summed E-state index contributed by atoms with van der Waals surface area (Å²) in [5.41, 5.74) is 2.20. The number of carbonyl (C=O) groups is 1. The fraction of sp³-hybridized carbons (Fsp3) is 0.500. The van der Waals surface area contributed by atoms with Crippen LogP contribution < -0.4 is 5.32 Å². The van der Waals surface area contributed by atoms with Crippen LogP contribution in [0.1, 0.15) is 31.2 Å². The van der Waals surface area contributed by atoms with Crippen molar-refractivity contribution in [1.29, 1.82) is 0 Å². The summed E-state index contributed by atoms with van der Waals surface area (Å²) < 4.78 is 1.15. The molecular formula is C16H18N2OS. The largest absolute Gasteiger partial charge is 0.302 e. The Morgan fingerprint density at radius 2 is 2.25 bits per heavy atom. The minimum atomic E-state index is 0.188. The van der Waals surface area contributed by atoms with E-state index in [4.69, 9.17) is 0 Å². The van der Waals surface area contributed by atoms with Gasteiger partial charge in [0.25, 0.3) is 0 Å². The second-order valence-corrected chi connectivity index (χ2v) is 7.29. The lowest BCUT2D eigenvalue weighted by Crippen LogP contribution is -2.27. The van der Waals surface area contributed by atoms with Crippen LogP contribution in [0.25, 0.3) is 10.2 Å². The number of nitrogens with zero attached hydrogens (tertiary/aromatic N) is 1. The van der Waals surface area contributed by atoms with E-state index in [1.165, 1.54) is 24.8 Å². The second-order valence-electron chi connectivity index (χ2n) is 6.26. The fourth-order valence-electron chi connectivity index (χ4n) is 3.85. The van der Waals surface area contributed by atoms with E-state index in [2.05, 4.69) is 29.4 Å². The Hall–Kier alpha value is -1.42. The van der Waals surface area contributed by atoms with E-state index in [1.54, 1.807) is 11.3 Å². The summed E-state index contributed by atoms with van der Waals surface area (Å²) >= 11 is 1.58. The van der Waals surface area contributed by atoms with E-state index in [0.717, 1.165) is 27.7 Å². The number of aromatic nitrogens is 1. The lowest BCUT2D eigenvalue weighted by molar-refractivity contribution is -0.121. The Bertz CT molecular complexity index is 678. The predicted molar refractivity (Wildman–Crippen MR) is 81.9 cm³/mol.